The van der Waals surface area contributed by atoms with Gasteiger partial charge < -0.3 is 10.6 Å². The molecule has 1 heterocycles. The lowest BCUT2D eigenvalue weighted by Crippen LogP contribution is -2.04. The van der Waals surface area contributed by atoms with Crippen molar-refractivity contribution in [2.24, 2.45) is 0 Å². The third kappa shape index (κ3) is 2.41. The van der Waals surface area contributed by atoms with Crippen LogP contribution in [0.15, 0.2) is 36.4 Å². The van der Waals surface area contributed by atoms with Crippen LogP contribution in [0.1, 0.15) is 16.7 Å². The van der Waals surface area contributed by atoms with Gasteiger partial charge in [0.05, 0.1) is 0 Å². The second-order valence-corrected chi connectivity index (χ2v) is 4.94. The average Bonchev–Trinajstić information content (AvgIpc) is 2.88. The van der Waals surface area contributed by atoms with Crippen molar-refractivity contribution in [1.29, 1.82) is 0 Å². The molecule has 0 saturated carbocycles. The van der Waals surface area contributed by atoms with Crippen molar-refractivity contribution in [3.8, 4) is 0 Å². The molecule has 2 nitrogen and oxygen atoms in total. The van der Waals surface area contributed by atoms with Gasteiger partial charge in [-0.2, -0.15) is 0 Å². The molecule has 98 valence electrons. The Morgan fingerprint density at radius 1 is 1.26 bits per heavy atom. The van der Waals surface area contributed by atoms with Gasteiger partial charge in [0.2, 0.25) is 0 Å². The van der Waals surface area contributed by atoms with Crippen molar-refractivity contribution in [1.82, 2.24) is 0 Å². The van der Waals surface area contributed by atoms with Gasteiger partial charge in [0.1, 0.15) is 5.82 Å². The topological polar surface area (TPSA) is 24.1 Å². The summed E-state index contributed by atoms with van der Waals surface area (Å²) in [7, 11) is 0. The van der Waals surface area contributed by atoms with Gasteiger partial charge in [0.25, 0.3) is 0 Å². The molecule has 1 aliphatic heterocycles. The fraction of sp³-hybridized carbons (Fsp3) is 0.250. The molecule has 3 heteroatoms. The second-order valence-electron chi connectivity index (χ2n) is 4.94. The molecule has 0 spiro atoms. The van der Waals surface area contributed by atoms with E-state index >= 15 is 0 Å². The van der Waals surface area contributed by atoms with Crippen molar-refractivity contribution in [3.05, 3.63) is 58.9 Å². The highest BCUT2D eigenvalue weighted by molar-refractivity contribution is 5.62. The van der Waals surface area contributed by atoms with E-state index in [0.717, 1.165) is 24.2 Å². The molecule has 0 atom stereocenters. The highest BCUT2D eigenvalue weighted by Gasteiger charge is 2.13. The summed E-state index contributed by atoms with van der Waals surface area (Å²) in [4.78, 5) is 0. The molecular weight excluding hydrogens is 239 g/mol. The van der Waals surface area contributed by atoms with Gasteiger partial charge in [0.15, 0.2) is 0 Å². The van der Waals surface area contributed by atoms with E-state index in [1.807, 2.05) is 6.92 Å². The van der Waals surface area contributed by atoms with Crippen LogP contribution >= 0.6 is 0 Å². The maximum Gasteiger partial charge on any atom is 0.125 e. The first-order valence-corrected chi connectivity index (χ1v) is 6.59. The second kappa shape index (κ2) is 4.92. The van der Waals surface area contributed by atoms with Gasteiger partial charge in [0, 0.05) is 24.5 Å². The van der Waals surface area contributed by atoms with Gasteiger partial charge in [-0.15, -0.1) is 0 Å². The Kier molecular flexibility index (Phi) is 3.11. The van der Waals surface area contributed by atoms with E-state index in [0.29, 0.717) is 6.54 Å². The molecule has 0 aromatic heterocycles. The van der Waals surface area contributed by atoms with Crippen LogP contribution in [0.4, 0.5) is 15.8 Å². The lowest BCUT2D eigenvalue weighted by molar-refractivity contribution is 0.628. The summed E-state index contributed by atoms with van der Waals surface area (Å²) >= 11 is 0. The Morgan fingerprint density at radius 2 is 2.16 bits per heavy atom. The van der Waals surface area contributed by atoms with Gasteiger partial charge in [-0.25, -0.2) is 4.39 Å². The minimum absolute atomic E-state index is 0.204. The zero-order valence-electron chi connectivity index (χ0n) is 11.0. The number of anilines is 2. The number of hydrogen-bond acceptors (Lipinski definition) is 2. The highest BCUT2D eigenvalue weighted by atomic mass is 19.1. The fourth-order valence-corrected chi connectivity index (χ4v) is 2.53. The molecular formula is C16H17FN2. The maximum absolute atomic E-state index is 13.2. The van der Waals surface area contributed by atoms with Gasteiger partial charge in [-0.05, 0) is 42.2 Å². The Balaban J connectivity index is 1.80. The summed E-state index contributed by atoms with van der Waals surface area (Å²) in [6.45, 7) is 3.70. The van der Waals surface area contributed by atoms with Gasteiger partial charge in [-0.3, -0.25) is 0 Å². The van der Waals surface area contributed by atoms with E-state index in [9.17, 15) is 4.39 Å². The molecule has 2 aromatic carbocycles. The quantitative estimate of drug-likeness (QED) is 0.874. The molecule has 19 heavy (non-hydrogen) atoms. The van der Waals surface area contributed by atoms with Crippen LogP contribution in [0, 0.1) is 12.7 Å². The first kappa shape index (κ1) is 12.0. The molecule has 2 N–H and O–H groups in total. The Bertz CT molecular complexity index is 608. The number of benzene rings is 2. The zero-order valence-corrected chi connectivity index (χ0v) is 11.0. The van der Waals surface area contributed by atoms with Crippen LogP contribution in [-0.4, -0.2) is 6.54 Å². The summed E-state index contributed by atoms with van der Waals surface area (Å²) < 4.78 is 13.2. The zero-order chi connectivity index (χ0) is 13.2. The number of halogens is 1. The van der Waals surface area contributed by atoms with Crippen LogP contribution in [0.25, 0.3) is 0 Å². The number of rotatable bonds is 3. The van der Waals surface area contributed by atoms with Crippen LogP contribution in [-0.2, 0) is 13.0 Å². The first-order valence-electron chi connectivity index (χ1n) is 6.59. The Hall–Kier alpha value is -2.03. The molecule has 0 radical (unpaired) electrons. The molecule has 3 rings (SSSR count). The van der Waals surface area contributed by atoms with E-state index in [-0.39, 0.29) is 5.82 Å². The fourth-order valence-electron chi connectivity index (χ4n) is 2.53. The minimum Gasteiger partial charge on any atom is -0.384 e. The maximum atomic E-state index is 13.2. The molecule has 2 aromatic rings. The van der Waals surface area contributed by atoms with Crippen LogP contribution < -0.4 is 10.6 Å². The van der Waals surface area contributed by atoms with E-state index in [4.69, 9.17) is 0 Å². The number of nitrogens with one attached hydrogen (secondary N) is 2. The van der Waals surface area contributed by atoms with E-state index < -0.39 is 0 Å². The summed E-state index contributed by atoms with van der Waals surface area (Å²) in [5.74, 6) is -0.204. The summed E-state index contributed by atoms with van der Waals surface area (Å²) in [6, 6.07) is 11.2. The van der Waals surface area contributed by atoms with E-state index in [1.165, 1.54) is 22.9 Å². The highest BCUT2D eigenvalue weighted by Crippen LogP contribution is 2.27. The van der Waals surface area contributed by atoms with Crippen molar-refractivity contribution in [2.75, 3.05) is 17.2 Å². The third-order valence-corrected chi connectivity index (χ3v) is 3.60. The molecule has 0 amide bonds. The SMILES string of the molecule is Cc1ccc(F)cc1NCc1cccc2c1NCC2. The molecule has 0 fully saturated rings. The van der Waals surface area contributed by atoms with Crippen LogP contribution in [0.2, 0.25) is 0 Å². The molecule has 0 saturated heterocycles. The monoisotopic (exact) mass is 256 g/mol. The average molecular weight is 256 g/mol. The van der Waals surface area contributed by atoms with Gasteiger partial charge >= 0.3 is 0 Å². The Morgan fingerprint density at radius 3 is 3.05 bits per heavy atom. The van der Waals surface area contributed by atoms with Crippen LogP contribution in [0.3, 0.4) is 0 Å². The standard InChI is InChI=1S/C16H17FN2/c1-11-5-6-14(17)9-15(11)19-10-13-4-2-3-12-7-8-18-16(12)13/h2-6,9,18-19H,7-8,10H2,1H3. The van der Waals surface area contributed by atoms with Gasteiger partial charge in [-0.1, -0.05) is 24.3 Å². The van der Waals surface area contributed by atoms with Crippen LogP contribution in [0.5, 0.6) is 0 Å². The summed E-state index contributed by atoms with van der Waals surface area (Å²) in [6.07, 6.45) is 1.09. The summed E-state index contributed by atoms with van der Waals surface area (Å²) in [5.41, 5.74) is 5.76. The molecule has 0 unspecified atom stereocenters. The summed E-state index contributed by atoms with van der Waals surface area (Å²) in [5, 5.41) is 6.74. The lowest BCUT2D eigenvalue weighted by atomic mass is 10.1. The van der Waals surface area contributed by atoms with Crippen molar-refractivity contribution < 1.29 is 4.39 Å². The predicted molar refractivity (Wildman–Crippen MR) is 77.1 cm³/mol. The largest absolute Gasteiger partial charge is 0.384 e. The number of hydrogen-bond donors (Lipinski definition) is 2. The number of aryl methyl sites for hydroxylation is 1. The number of fused-ring (bicyclic) bond motifs is 1. The number of para-hydroxylation sites is 1. The van der Waals surface area contributed by atoms with E-state index in [2.05, 4.69) is 28.8 Å². The Labute approximate surface area is 112 Å². The smallest absolute Gasteiger partial charge is 0.125 e. The first-order chi connectivity index (χ1) is 9.24. The van der Waals surface area contributed by atoms with Crippen molar-refractivity contribution in [2.45, 2.75) is 19.9 Å². The molecule has 0 aliphatic carbocycles. The minimum atomic E-state index is -0.204. The van der Waals surface area contributed by atoms with Crippen molar-refractivity contribution in [3.63, 3.8) is 0 Å². The molecule has 0 bridgehead atoms. The third-order valence-electron chi connectivity index (χ3n) is 3.60. The van der Waals surface area contributed by atoms with Crippen molar-refractivity contribution >= 4 is 11.4 Å². The van der Waals surface area contributed by atoms with E-state index in [1.54, 1.807) is 12.1 Å². The lowest BCUT2D eigenvalue weighted by Gasteiger charge is -2.13. The normalized spacial score (nSPS) is 12.9. The molecule has 1 aliphatic rings. The predicted octanol–water partition coefficient (Wildman–Crippen LogP) is 3.71.